The molecule has 0 aromatic carbocycles. The number of hydrogen-bond acceptors (Lipinski definition) is 2. The highest BCUT2D eigenvalue weighted by Gasteiger charge is 2.36. The van der Waals surface area contributed by atoms with Crippen molar-refractivity contribution in [3.63, 3.8) is 0 Å². The minimum absolute atomic E-state index is 0.417. The van der Waals surface area contributed by atoms with Gasteiger partial charge >= 0.3 is 0 Å². The average Bonchev–Trinajstić information content (AvgIpc) is 2.84. The van der Waals surface area contributed by atoms with Gasteiger partial charge in [0.1, 0.15) is 0 Å². The van der Waals surface area contributed by atoms with Gasteiger partial charge in [-0.1, -0.05) is 27.2 Å². The van der Waals surface area contributed by atoms with Crippen molar-refractivity contribution in [3.8, 4) is 0 Å². The largest absolute Gasteiger partial charge is 0.330 e. The minimum atomic E-state index is 0.417. The van der Waals surface area contributed by atoms with Gasteiger partial charge in [0.05, 0.1) is 12.0 Å². The molecular formula is C14H25N3. The molecule has 1 unspecified atom stereocenters. The van der Waals surface area contributed by atoms with Gasteiger partial charge in [-0.2, -0.15) is 0 Å². The summed E-state index contributed by atoms with van der Waals surface area (Å²) >= 11 is 0. The van der Waals surface area contributed by atoms with E-state index in [0.717, 1.165) is 13.1 Å². The first-order valence-corrected chi connectivity index (χ1v) is 6.86. The second-order valence-electron chi connectivity index (χ2n) is 5.87. The Morgan fingerprint density at radius 2 is 2.35 bits per heavy atom. The Bertz CT molecular complexity index is 354. The summed E-state index contributed by atoms with van der Waals surface area (Å²) < 4.78 is 2.40. The molecule has 1 aromatic heterocycles. The zero-order chi connectivity index (χ0) is 12.3. The summed E-state index contributed by atoms with van der Waals surface area (Å²) in [6, 6.07) is 0.628. The van der Waals surface area contributed by atoms with Gasteiger partial charge in [0.2, 0.25) is 0 Å². The number of aromatic nitrogens is 2. The lowest BCUT2D eigenvalue weighted by atomic mass is 9.87. The molecular weight excluding hydrogens is 210 g/mol. The third-order valence-corrected chi connectivity index (χ3v) is 4.02. The van der Waals surface area contributed by atoms with Gasteiger partial charge in [-0.15, -0.1) is 0 Å². The van der Waals surface area contributed by atoms with Crippen LogP contribution in [0.15, 0.2) is 12.5 Å². The van der Waals surface area contributed by atoms with E-state index < -0.39 is 0 Å². The van der Waals surface area contributed by atoms with Crippen LogP contribution in [0.3, 0.4) is 0 Å². The second kappa shape index (κ2) is 5.21. The molecule has 1 aromatic rings. The van der Waals surface area contributed by atoms with Crippen LogP contribution in [0.2, 0.25) is 0 Å². The summed E-state index contributed by atoms with van der Waals surface area (Å²) in [6.07, 6.45) is 9.18. The molecule has 1 fully saturated rings. The number of rotatable bonds is 5. The lowest BCUT2D eigenvalue weighted by molar-refractivity contribution is 0.255. The van der Waals surface area contributed by atoms with E-state index in [1.54, 1.807) is 0 Å². The first kappa shape index (κ1) is 12.6. The highest BCUT2D eigenvalue weighted by Crippen LogP contribution is 2.46. The normalized spacial score (nSPS) is 23.1. The first-order valence-electron chi connectivity index (χ1n) is 6.86. The SMILES string of the molecule is CCCNCc1cncn1C1CCCC1(C)C. The number of imidazole rings is 1. The topological polar surface area (TPSA) is 29.9 Å². The molecule has 0 amide bonds. The summed E-state index contributed by atoms with van der Waals surface area (Å²) in [4.78, 5) is 4.33. The van der Waals surface area contributed by atoms with Crippen molar-refractivity contribution in [1.82, 2.24) is 14.9 Å². The van der Waals surface area contributed by atoms with E-state index in [1.807, 2.05) is 12.5 Å². The van der Waals surface area contributed by atoms with Crippen molar-refractivity contribution >= 4 is 0 Å². The van der Waals surface area contributed by atoms with Gasteiger partial charge in [0.15, 0.2) is 0 Å². The van der Waals surface area contributed by atoms with Crippen molar-refractivity contribution in [2.75, 3.05) is 6.54 Å². The highest BCUT2D eigenvalue weighted by atomic mass is 15.1. The van der Waals surface area contributed by atoms with E-state index in [2.05, 4.69) is 35.6 Å². The van der Waals surface area contributed by atoms with Gasteiger partial charge < -0.3 is 9.88 Å². The smallest absolute Gasteiger partial charge is 0.0951 e. The van der Waals surface area contributed by atoms with E-state index in [1.165, 1.54) is 31.4 Å². The molecule has 0 aliphatic heterocycles. The predicted molar refractivity (Wildman–Crippen MR) is 70.9 cm³/mol. The second-order valence-corrected chi connectivity index (χ2v) is 5.87. The van der Waals surface area contributed by atoms with Crippen LogP contribution in [0.5, 0.6) is 0 Å². The van der Waals surface area contributed by atoms with Crippen LogP contribution in [-0.4, -0.2) is 16.1 Å². The molecule has 1 atom stereocenters. The van der Waals surface area contributed by atoms with Gasteiger partial charge in [-0.25, -0.2) is 4.98 Å². The molecule has 1 N–H and O–H groups in total. The van der Waals surface area contributed by atoms with E-state index in [-0.39, 0.29) is 0 Å². The van der Waals surface area contributed by atoms with Crippen LogP contribution >= 0.6 is 0 Å². The molecule has 3 heteroatoms. The molecule has 3 nitrogen and oxygen atoms in total. The molecule has 1 heterocycles. The Labute approximate surface area is 105 Å². The lowest BCUT2D eigenvalue weighted by Gasteiger charge is -2.29. The Morgan fingerprint density at radius 3 is 3.00 bits per heavy atom. The van der Waals surface area contributed by atoms with Crippen LogP contribution < -0.4 is 5.32 Å². The van der Waals surface area contributed by atoms with Crippen molar-refractivity contribution in [3.05, 3.63) is 18.2 Å². The number of nitrogens with one attached hydrogen (secondary N) is 1. The Balaban J connectivity index is 2.08. The predicted octanol–water partition coefficient (Wildman–Crippen LogP) is 3.13. The quantitative estimate of drug-likeness (QED) is 0.795. The van der Waals surface area contributed by atoms with Gasteiger partial charge in [-0.3, -0.25) is 0 Å². The van der Waals surface area contributed by atoms with E-state index in [0.29, 0.717) is 11.5 Å². The fourth-order valence-electron chi connectivity index (χ4n) is 2.97. The molecule has 1 aliphatic rings. The third-order valence-electron chi connectivity index (χ3n) is 4.02. The molecule has 1 saturated carbocycles. The fraction of sp³-hybridized carbons (Fsp3) is 0.786. The lowest BCUT2D eigenvalue weighted by Crippen LogP contribution is -2.24. The van der Waals surface area contributed by atoms with Crippen LogP contribution in [0.1, 0.15) is 58.2 Å². The highest BCUT2D eigenvalue weighted by molar-refractivity contribution is 5.04. The molecule has 17 heavy (non-hydrogen) atoms. The maximum atomic E-state index is 4.33. The number of hydrogen-bond donors (Lipinski definition) is 1. The van der Waals surface area contributed by atoms with Crippen LogP contribution in [0.25, 0.3) is 0 Å². The average molecular weight is 235 g/mol. The van der Waals surface area contributed by atoms with E-state index in [9.17, 15) is 0 Å². The van der Waals surface area contributed by atoms with Gasteiger partial charge in [0, 0.05) is 18.8 Å². The zero-order valence-electron chi connectivity index (χ0n) is 11.4. The summed E-state index contributed by atoms with van der Waals surface area (Å²) in [5.74, 6) is 0. The Kier molecular flexibility index (Phi) is 3.87. The Morgan fingerprint density at radius 1 is 1.53 bits per heavy atom. The third kappa shape index (κ3) is 2.71. The zero-order valence-corrected chi connectivity index (χ0v) is 11.4. The maximum Gasteiger partial charge on any atom is 0.0951 e. The van der Waals surface area contributed by atoms with Crippen LogP contribution in [0, 0.1) is 5.41 Å². The number of nitrogens with zero attached hydrogens (tertiary/aromatic N) is 2. The van der Waals surface area contributed by atoms with E-state index in [4.69, 9.17) is 0 Å². The molecule has 0 spiro atoms. The summed E-state index contributed by atoms with van der Waals surface area (Å²) in [5.41, 5.74) is 1.75. The molecule has 96 valence electrons. The molecule has 0 saturated heterocycles. The Hall–Kier alpha value is -0.830. The van der Waals surface area contributed by atoms with Crippen molar-refractivity contribution in [2.45, 2.75) is 59.0 Å². The standard InChI is InChI=1S/C14H25N3/c1-4-8-15-9-12-10-16-11-17(12)13-6-5-7-14(13,2)3/h10-11,13,15H,4-9H2,1-3H3. The molecule has 1 aliphatic carbocycles. The molecule has 0 bridgehead atoms. The summed E-state index contributed by atoms with van der Waals surface area (Å²) in [6.45, 7) is 8.99. The van der Waals surface area contributed by atoms with E-state index >= 15 is 0 Å². The first-order chi connectivity index (χ1) is 8.15. The van der Waals surface area contributed by atoms with Crippen molar-refractivity contribution < 1.29 is 0 Å². The molecule has 2 rings (SSSR count). The van der Waals surface area contributed by atoms with Crippen LogP contribution in [-0.2, 0) is 6.54 Å². The fourth-order valence-corrected chi connectivity index (χ4v) is 2.97. The monoisotopic (exact) mass is 235 g/mol. The van der Waals surface area contributed by atoms with Gasteiger partial charge in [-0.05, 0) is 31.2 Å². The van der Waals surface area contributed by atoms with Crippen molar-refractivity contribution in [1.29, 1.82) is 0 Å². The summed E-state index contributed by atoms with van der Waals surface area (Å²) in [7, 11) is 0. The summed E-state index contributed by atoms with van der Waals surface area (Å²) in [5, 5.41) is 3.47. The maximum absolute atomic E-state index is 4.33. The van der Waals surface area contributed by atoms with Gasteiger partial charge in [0.25, 0.3) is 0 Å². The molecule has 0 radical (unpaired) electrons. The van der Waals surface area contributed by atoms with Crippen LogP contribution in [0.4, 0.5) is 0 Å². The van der Waals surface area contributed by atoms with Crippen molar-refractivity contribution in [2.24, 2.45) is 5.41 Å². The minimum Gasteiger partial charge on any atom is -0.330 e.